The van der Waals surface area contributed by atoms with E-state index >= 15 is 0 Å². The van der Waals surface area contributed by atoms with E-state index in [4.69, 9.17) is 0 Å². The molecular weight excluding hydrogens is 204 g/mol. The number of allylic oxidation sites excluding steroid dienone is 1. The molecule has 1 heterocycles. The zero-order valence-corrected chi connectivity index (χ0v) is 10.0. The van der Waals surface area contributed by atoms with Gasteiger partial charge in [-0.05, 0) is 11.5 Å². The van der Waals surface area contributed by atoms with Crippen molar-refractivity contribution in [2.45, 2.75) is 20.8 Å². The third-order valence-corrected chi connectivity index (χ3v) is 2.15. The Bertz CT molecular complexity index is 333. The lowest BCUT2D eigenvalue weighted by Gasteiger charge is -2.21. The van der Waals surface area contributed by atoms with Crippen molar-refractivity contribution in [3.05, 3.63) is 24.4 Å². The van der Waals surface area contributed by atoms with Crippen molar-refractivity contribution in [3.8, 4) is 0 Å². The molecule has 0 aromatic heterocycles. The summed E-state index contributed by atoms with van der Waals surface area (Å²) in [5.41, 5.74) is 0.607. The number of hydrogen-bond acceptors (Lipinski definition) is 2. The van der Waals surface area contributed by atoms with Crippen LogP contribution < -0.4 is 5.32 Å². The maximum Gasteiger partial charge on any atom is 0.251 e. The van der Waals surface area contributed by atoms with Gasteiger partial charge in [0.15, 0.2) is 0 Å². The molecule has 0 bridgehead atoms. The molecule has 1 N–H and O–H groups in total. The van der Waals surface area contributed by atoms with Crippen LogP contribution in [0.5, 0.6) is 0 Å². The van der Waals surface area contributed by atoms with Crippen LogP contribution in [0.4, 0.5) is 0 Å². The first kappa shape index (κ1) is 12.5. The maximum atomic E-state index is 11.6. The number of carbonyl (C=O) groups excluding carboxylic acids is 2. The monoisotopic (exact) mass is 222 g/mol. The first-order valence-electron chi connectivity index (χ1n) is 5.25. The fraction of sp³-hybridized carbons (Fsp3) is 0.500. The van der Waals surface area contributed by atoms with Crippen molar-refractivity contribution >= 4 is 11.8 Å². The summed E-state index contributed by atoms with van der Waals surface area (Å²) in [7, 11) is 0. The van der Waals surface area contributed by atoms with E-state index in [1.54, 1.807) is 6.08 Å². The molecule has 0 saturated carbocycles. The summed E-state index contributed by atoms with van der Waals surface area (Å²) >= 11 is 0. The van der Waals surface area contributed by atoms with Crippen LogP contribution in [-0.4, -0.2) is 29.8 Å². The van der Waals surface area contributed by atoms with Gasteiger partial charge in [0.2, 0.25) is 5.91 Å². The highest BCUT2D eigenvalue weighted by atomic mass is 16.2. The van der Waals surface area contributed by atoms with Crippen molar-refractivity contribution in [2.24, 2.45) is 5.41 Å². The highest BCUT2D eigenvalue weighted by Crippen LogP contribution is 2.13. The maximum absolute atomic E-state index is 11.6. The lowest BCUT2D eigenvalue weighted by Crippen LogP contribution is -2.40. The average Bonchev–Trinajstić information content (AvgIpc) is 2.45. The summed E-state index contributed by atoms with van der Waals surface area (Å²) in [6.45, 7) is 10.4. The van der Waals surface area contributed by atoms with Crippen molar-refractivity contribution in [1.82, 2.24) is 10.2 Å². The van der Waals surface area contributed by atoms with Gasteiger partial charge in [-0.2, -0.15) is 0 Å². The number of nitrogens with zero attached hydrogens (tertiary/aromatic N) is 1. The smallest absolute Gasteiger partial charge is 0.251 e. The molecule has 0 saturated heterocycles. The molecule has 0 fully saturated rings. The molecule has 0 aliphatic carbocycles. The molecule has 4 heteroatoms. The minimum atomic E-state index is -0.184. The van der Waals surface area contributed by atoms with E-state index in [9.17, 15) is 9.59 Å². The Balaban J connectivity index is 2.41. The van der Waals surface area contributed by atoms with Gasteiger partial charge in [-0.15, -0.1) is 0 Å². The van der Waals surface area contributed by atoms with Gasteiger partial charge < -0.3 is 10.2 Å². The SMILES string of the molecule is C=C1C=CC(=O)N1CC(=O)NCC(C)(C)C. The molecule has 2 amide bonds. The topological polar surface area (TPSA) is 49.4 Å². The van der Waals surface area contributed by atoms with Crippen molar-refractivity contribution in [2.75, 3.05) is 13.1 Å². The standard InChI is InChI=1S/C12H18N2O2/c1-9-5-6-11(16)14(9)7-10(15)13-8-12(2,3)4/h5-6H,1,7-8H2,2-4H3,(H,13,15). The molecule has 0 spiro atoms. The molecule has 0 aromatic carbocycles. The van der Waals surface area contributed by atoms with E-state index in [1.807, 2.05) is 20.8 Å². The second-order valence-corrected chi connectivity index (χ2v) is 5.09. The predicted octanol–water partition coefficient (Wildman–Crippen LogP) is 1.06. The molecule has 0 atom stereocenters. The van der Waals surface area contributed by atoms with E-state index in [0.717, 1.165) is 0 Å². The molecule has 1 aliphatic heterocycles. The molecule has 88 valence electrons. The van der Waals surface area contributed by atoms with Crippen molar-refractivity contribution < 1.29 is 9.59 Å². The van der Waals surface area contributed by atoms with E-state index in [-0.39, 0.29) is 23.8 Å². The fourth-order valence-corrected chi connectivity index (χ4v) is 1.23. The summed E-state index contributed by atoms with van der Waals surface area (Å²) in [6.07, 6.45) is 3.03. The zero-order valence-electron chi connectivity index (χ0n) is 10.0. The minimum absolute atomic E-state index is 0.0416. The van der Waals surface area contributed by atoms with E-state index in [2.05, 4.69) is 11.9 Å². The Morgan fingerprint density at radius 3 is 2.50 bits per heavy atom. The van der Waals surface area contributed by atoms with Gasteiger partial charge in [-0.1, -0.05) is 27.4 Å². The summed E-state index contributed by atoms with van der Waals surface area (Å²) in [5, 5.41) is 2.79. The normalized spacial score (nSPS) is 15.8. The number of rotatable bonds is 3. The Hall–Kier alpha value is -1.58. The Labute approximate surface area is 96.0 Å². The lowest BCUT2D eigenvalue weighted by atomic mass is 9.97. The van der Waals surface area contributed by atoms with Gasteiger partial charge in [0.25, 0.3) is 5.91 Å². The summed E-state index contributed by atoms with van der Waals surface area (Å²) < 4.78 is 0. The highest BCUT2D eigenvalue weighted by Gasteiger charge is 2.21. The van der Waals surface area contributed by atoms with Crippen LogP contribution in [0.25, 0.3) is 0 Å². The Morgan fingerprint density at radius 1 is 1.44 bits per heavy atom. The van der Waals surface area contributed by atoms with Crippen LogP contribution in [0.2, 0.25) is 0 Å². The van der Waals surface area contributed by atoms with Crippen LogP contribution in [-0.2, 0) is 9.59 Å². The first-order chi connectivity index (χ1) is 7.29. The second kappa shape index (κ2) is 4.51. The summed E-state index contributed by atoms with van der Waals surface area (Å²) in [5.74, 6) is -0.343. The predicted molar refractivity (Wildman–Crippen MR) is 62.5 cm³/mol. The Kier molecular flexibility index (Phi) is 3.52. The minimum Gasteiger partial charge on any atom is -0.354 e. The Morgan fingerprint density at radius 2 is 2.06 bits per heavy atom. The van der Waals surface area contributed by atoms with Crippen molar-refractivity contribution in [1.29, 1.82) is 0 Å². The van der Waals surface area contributed by atoms with Crippen LogP contribution in [0.15, 0.2) is 24.4 Å². The van der Waals surface area contributed by atoms with Crippen molar-refractivity contribution in [3.63, 3.8) is 0 Å². The largest absolute Gasteiger partial charge is 0.354 e. The molecule has 4 nitrogen and oxygen atoms in total. The van der Waals surface area contributed by atoms with E-state index in [1.165, 1.54) is 11.0 Å². The molecule has 1 aliphatic rings. The number of hydrogen-bond donors (Lipinski definition) is 1. The summed E-state index contributed by atoms with van der Waals surface area (Å²) in [6, 6.07) is 0. The lowest BCUT2D eigenvalue weighted by molar-refractivity contribution is -0.130. The molecular formula is C12H18N2O2. The van der Waals surface area contributed by atoms with Crippen LogP contribution in [0.3, 0.4) is 0 Å². The van der Waals surface area contributed by atoms with Gasteiger partial charge in [-0.25, -0.2) is 0 Å². The second-order valence-electron chi connectivity index (χ2n) is 5.09. The average molecular weight is 222 g/mol. The molecule has 0 aromatic rings. The number of carbonyl (C=O) groups is 2. The van der Waals surface area contributed by atoms with Gasteiger partial charge in [0, 0.05) is 18.3 Å². The number of amides is 2. The van der Waals surface area contributed by atoms with E-state index in [0.29, 0.717) is 12.2 Å². The fourth-order valence-electron chi connectivity index (χ4n) is 1.23. The third-order valence-electron chi connectivity index (χ3n) is 2.15. The summed E-state index contributed by atoms with van der Waals surface area (Å²) in [4.78, 5) is 24.2. The third kappa shape index (κ3) is 3.53. The first-order valence-corrected chi connectivity index (χ1v) is 5.25. The van der Waals surface area contributed by atoms with Crippen LogP contribution >= 0.6 is 0 Å². The zero-order chi connectivity index (χ0) is 12.3. The molecule has 1 rings (SSSR count). The van der Waals surface area contributed by atoms with Gasteiger partial charge in [-0.3, -0.25) is 9.59 Å². The van der Waals surface area contributed by atoms with Gasteiger partial charge in [0.05, 0.1) is 0 Å². The van der Waals surface area contributed by atoms with Crippen LogP contribution in [0.1, 0.15) is 20.8 Å². The molecule has 16 heavy (non-hydrogen) atoms. The van der Waals surface area contributed by atoms with E-state index < -0.39 is 0 Å². The quantitative estimate of drug-likeness (QED) is 0.776. The molecule has 0 radical (unpaired) electrons. The highest BCUT2D eigenvalue weighted by molar-refractivity contribution is 5.96. The van der Waals surface area contributed by atoms with Gasteiger partial charge >= 0.3 is 0 Å². The van der Waals surface area contributed by atoms with Gasteiger partial charge in [0.1, 0.15) is 6.54 Å². The number of nitrogens with one attached hydrogen (secondary N) is 1. The molecule has 0 unspecified atom stereocenters. The van der Waals surface area contributed by atoms with Crippen LogP contribution in [0, 0.1) is 5.41 Å².